The molecule has 3 heterocycles. The Labute approximate surface area is 148 Å². The maximum absolute atomic E-state index is 13.3. The number of amides is 1. The second kappa shape index (κ2) is 6.39. The fourth-order valence-corrected chi connectivity index (χ4v) is 4.04. The lowest BCUT2D eigenvalue weighted by molar-refractivity contribution is 0.0433. The van der Waals surface area contributed by atoms with Crippen LogP contribution in [0.2, 0.25) is 0 Å². The van der Waals surface area contributed by atoms with Gasteiger partial charge in [0, 0.05) is 30.9 Å². The van der Waals surface area contributed by atoms with Crippen molar-refractivity contribution in [2.45, 2.75) is 19.9 Å². The normalized spacial score (nSPS) is 24.4. The van der Waals surface area contributed by atoms with E-state index in [2.05, 4.69) is 24.9 Å². The van der Waals surface area contributed by atoms with Crippen molar-refractivity contribution in [3.05, 3.63) is 41.1 Å². The van der Waals surface area contributed by atoms with Crippen LogP contribution >= 0.6 is 0 Å². The number of benzene rings is 1. The molecule has 2 fully saturated rings. The van der Waals surface area contributed by atoms with Crippen molar-refractivity contribution in [1.29, 1.82) is 0 Å². The minimum Gasteiger partial charge on any atom is -0.379 e. The third-order valence-corrected chi connectivity index (χ3v) is 5.50. The lowest BCUT2D eigenvalue weighted by Crippen LogP contribution is -2.45. The number of hydrogen-bond acceptors (Lipinski definition) is 4. The van der Waals surface area contributed by atoms with Crippen LogP contribution in [0.25, 0.3) is 10.9 Å². The van der Waals surface area contributed by atoms with Crippen molar-refractivity contribution in [3.63, 3.8) is 0 Å². The zero-order valence-electron chi connectivity index (χ0n) is 15.2. The largest absolute Gasteiger partial charge is 0.379 e. The van der Waals surface area contributed by atoms with Crippen molar-refractivity contribution in [2.24, 2.45) is 5.92 Å². The van der Waals surface area contributed by atoms with Crippen molar-refractivity contribution >= 4 is 16.8 Å². The third-order valence-electron chi connectivity index (χ3n) is 5.50. The Hall–Kier alpha value is -1.98. The van der Waals surface area contributed by atoms with Crippen molar-refractivity contribution in [1.82, 2.24) is 14.8 Å². The maximum Gasteiger partial charge on any atom is 0.255 e. The lowest BCUT2D eigenvalue weighted by atomic mass is 10.0. The highest BCUT2D eigenvalue weighted by Crippen LogP contribution is 2.24. The number of pyridine rings is 1. The number of carbonyl (C=O) groups excluding carboxylic acids is 1. The Morgan fingerprint density at radius 3 is 2.88 bits per heavy atom. The molecule has 0 N–H and O–H groups in total. The van der Waals surface area contributed by atoms with Crippen molar-refractivity contribution in [2.75, 3.05) is 39.9 Å². The number of hydrogen-bond donors (Lipinski definition) is 0. The molecule has 0 aliphatic carbocycles. The summed E-state index contributed by atoms with van der Waals surface area (Å²) >= 11 is 0. The predicted octanol–water partition coefficient (Wildman–Crippen LogP) is 2.25. The lowest BCUT2D eigenvalue weighted by Gasteiger charge is -2.30. The van der Waals surface area contributed by atoms with Gasteiger partial charge in [0.1, 0.15) is 0 Å². The average Bonchev–Trinajstić information content (AvgIpc) is 2.83. The monoisotopic (exact) mass is 339 g/mol. The summed E-state index contributed by atoms with van der Waals surface area (Å²) in [7, 11) is 2.13. The fourth-order valence-electron chi connectivity index (χ4n) is 4.04. The van der Waals surface area contributed by atoms with Gasteiger partial charge >= 0.3 is 0 Å². The van der Waals surface area contributed by atoms with Crippen molar-refractivity contribution < 1.29 is 9.53 Å². The Kier molecular flexibility index (Phi) is 4.21. The zero-order valence-corrected chi connectivity index (χ0v) is 15.2. The van der Waals surface area contributed by atoms with E-state index in [0.717, 1.165) is 54.0 Å². The van der Waals surface area contributed by atoms with Gasteiger partial charge in [-0.25, -0.2) is 0 Å². The van der Waals surface area contributed by atoms with E-state index in [-0.39, 0.29) is 11.9 Å². The minimum absolute atomic E-state index is 0.0978. The van der Waals surface area contributed by atoms with Gasteiger partial charge in [0.05, 0.1) is 36.0 Å². The van der Waals surface area contributed by atoms with Gasteiger partial charge in [0.15, 0.2) is 0 Å². The van der Waals surface area contributed by atoms with Crippen LogP contribution in [0, 0.1) is 19.8 Å². The molecule has 5 heteroatoms. The Morgan fingerprint density at radius 1 is 1.20 bits per heavy atom. The van der Waals surface area contributed by atoms with E-state index in [1.54, 1.807) is 0 Å². The summed E-state index contributed by atoms with van der Waals surface area (Å²) in [5, 5.41) is 1.03. The Bertz CT molecular complexity index is 820. The van der Waals surface area contributed by atoms with Crippen LogP contribution in [0.15, 0.2) is 24.3 Å². The fraction of sp³-hybridized carbons (Fsp3) is 0.500. The molecule has 2 aromatic rings. The number of nitrogens with zero attached hydrogens (tertiary/aromatic N) is 3. The Balaban J connectivity index is 1.69. The molecule has 2 aliphatic rings. The summed E-state index contributed by atoms with van der Waals surface area (Å²) in [6, 6.07) is 8.39. The first-order valence-corrected chi connectivity index (χ1v) is 8.97. The van der Waals surface area contributed by atoms with Crippen LogP contribution in [0.1, 0.15) is 21.6 Å². The number of aromatic nitrogens is 1. The quantitative estimate of drug-likeness (QED) is 0.799. The zero-order chi connectivity index (χ0) is 17.6. The van der Waals surface area contributed by atoms with Gasteiger partial charge in [0.2, 0.25) is 0 Å². The number of rotatable bonds is 1. The molecule has 1 aromatic heterocycles. The molecule has 0 saturated carbocycles. The highest BCUT2D eigenvalue weighted by atomic mass is 16.5. The summed E-state index contributed by atoms with van der Waals surface area (Å²) in [6.45, 7) is 7.89. The summed E-state index contributed by atoms with van der Waals surface area (Å²) in [4.78, 5) is 22.3. The Morgan fingerprint density at radius 2 is 2.04 bits per heavy atom. The molecule has 4 rings (SSSR count). The highest BCUT2D eigenvalue weighted by molar-refractivity contribution is 5.99. The average molecular weight is 339 g/mol. The van der Waals surface area contributed by atoms with Crippen LogP contribution in [0.4, 0.5) is 0 Å². The molecule has 2 saturated heterocycles. The van der Waals surface area contributed by atoms with Gasteiger partial charge in [-0.05, 0) is 32.5 Å². The molecule has 25 heavy (non-hydrogen) atoms. The molecule has 0 unspecified atom stereocenters. The first-order chi connectivity index (χ1) is 12.0. The molecule has 1 aromatic carbocycles. The van der Waals surface area contributed by atoms with Crippen LogP contribution in [-0.4, -0.2) is 66.6 Å². The number of likely N-dealkylation sites (N-methyl/N-ethyl adjacent to an activating group) is 1. The number of ether oxygens (including phenoxy) is 1. The number of fused-ring (bicyclic) bond motifs is 4. The van der Waals surface area contributed by atoms with Gasteiger partial charge in [-0.2, -0.15) is 0 Å². The van der Waals surface area contributed by atoms with Gasteiger partial charge in [-0.3, -0.25) is 14.7 Å². The van der Waals surface area contributed by atoms with Gasteiger partial charge in [-0.1, -0.05) is 18.2 Å². The van der Waals surface area contributed by atoms with Gasteiger partial charge < -0.3 is 9.64 Å². The summed E-state index contributed by atoms with van der Waals surface area (Å²) in [5.74, 6) is 0.470. The number of para-hydroxylation sites is 1. The molecule has 2 atom stereocenters. The third kappa shape index (κ3) is 3.02. The van der Waals surface area contributed by atoms with E-state index < -0.39 is 0 Å². The molecular formula is C20H25N3O2. The molecule has 2 aliphatic heterocycles. The molecular weight excluding hydrogens is 314 g/mol. The van der Waals surface area contributed by atoms with Crippen LogP contribution in [-0.2, 0) is 4.74 Å². The number of aryl methyl sites for hydroxylation is 2. The molecule has 1 amide bonds. The SMILES string of the molecule is Cc1nc2c(C)cccc2cc1C(=O)N1C[C@@H]2COC[C@H](C1)N(C)C2. The minimum atomic E-state index is 0.0978. The molecule has 2 bridgehead atoms. The molecule has 0 spiro atoms. The van der Waals surface area contributed by atoms with E-state index in [1.165, 1.54) is 0 Å². The van der Waals surface area contributed by atoms with Gasteiger partial charge in [0.25, 0.3) is 5.91 Å². The standard InChI is InChI=1S/C20H25N3O2/c1-13-5-4-6-16-7-18(14(2)21-19(13)16)20(24)23-9-15-8-22(3)17(10-23)12-25-11-15/h4-7,15,17H,8-12H2,1-3H3/t15-,17+/m1/s1. The first kappa shape index (κ1) is 16.5. The molecule has 132 valence electrons. The topological polar surface area (TPSA) is 45.7 Å². The van der Waals surface area contributed by atoms with Crippen LogP contribution < -0.4 is 0 Å². The second-order valence-corrected chi connectivity index (χ2v) is 7.47. The summed E-state index contributed by atoms with van der Waals surface area (Å²) < 4.78 is 5.77. The van der Waals surface area contributed by atoms with E-state index in [1.807, 2.05) is 30.0 Å². The smallest absolute Gasteiger partial charge is 0.255 e. The maximum atomic E-state index is 13.3. The second-order valence-electron chi connectivity index (χ2n) is 7.47. The van der Waals surface area contributed by atoms with E-state index in [4.69, 9.17) is 9.72 Å². The first-order valence-electron chi connectivity index (χ1n) is 8.97. The summed E-state index contributed by atoms with van der Waals surface area (Å²) in [5.41, 5.74) is 3.66. The van der Waals surface area contributed by atoms with Crippen LogP contribution in [0.5, 0.6) is 0 Å². The molecule has 0 radical (unpaired) electrons. The van der Waals surface area contributed by atoms with E-state index in [9.17, 15) is 4.79 Å². The van der Waals surface area contributed by atoms with E-state index in [0.29, 0.717) is 12.5 Å². The molecule has 5 nitrogen and oxygen atoms in total. The van der Waals surface area contributed by atoms with Crippen LogP contribution in [0.3, 0.4) is 0 Å². The number of carbonyl (C=O) groups is 1. The van der Waals surface area contributed by atoms with Crippen molar-refractivity contribution in [3.8, 4) is 0 Å². The highest BCUT2D eigenvalue weighted by Gasteiger charge is 2.34. The summed E-state index contributed by atoms with van der Waals surface area (Å²) in [6.07, 6.45) is 0. The van der Waals surface area contributed by atoms with Gasteiger partial charge in [-0.15, -0.1) is 0 Å². The van der Waals surface area contributed by atoms with E-state index >= 15 is 0 Å². The predicted molar refractivity (Wildman–Crippen MR) is 97.8 cm³/mol.